The Morgan fingerprint density at radius 1 is 0.852 bits per heavy atom. The molecule has 0 saturated carbocycles. The van der Waals surface area contributed by atoms with Crippen LogP contribution in [0.5, 0.6) is 11.5 Å². The fourth-order valence-corrected chi connectivity index (χ4v) is 2.65. The van der Waals surface area contributed by atoms with Crippen molar-refractivity contribution in [3.63, 3.8) is 0 Å². The van der Waals surface area contributed by atoms with E-state index in [1.807, 2.05) is 0 Å². The number of esters is 2. The van der Waals surface area contributed by atoms with Crippen LogP contribution in [0, 0.1) is 17.7 Å². The predicted molar refractivity (Wildman–Crippen MR) is 104 cm³/mol. The van der Waals surface area contributed by atoms with Crippen LogP contribution in [-0.4, -0.2) is 11.9 Å². The van der Waals surface area contributed by atoms with E-state index in [-0.39, 0.29) is 24.3 Å². The largest absolute Gasteiger partial charge is 0.422 e. The normalized spacial score (nSPS) is 11.1. The summed E-state index contributed by atoms with van der Waals surface area (Å²) < 4.78 is 24.5. The maximum absolute atomic E-state index is 14.1. The molecule has 0 aliphatic rings. The Kier molecular flexibility index (Phi) is 10.7. The van der Waals surface area contributed by atoms with Gasteiger partial charge in [0.05, 0.1) is 0 Å². The van der Waals surface area contributed by atoms with Gasteiger partial charge in [0, 0.05) is 12.8 Å². The lowest BCUT2D eigenvalue weighted by Crippen LogP contribution is -2.13. The average molecular weight is 381 g/mol. The van der Waals surface area contributed by atoms with Gasteiger partial charge in [-0.05, 0) is 36.8 Å². The van der Waals surface area contributed by atoms with Gasteiger partial charge >= 0.3 is 11.9 Å². The Labute approximate surface area is 162 Å². The molecule has 0 fully saturated rings. The first kappa shape index (κ1) is 23.1. The Balaban J connectivity index is 2.55. The van der Waals surface area contributed by atoms with E-state index in [2.05, 4.69) is 27.7 Å². The highest BCUT2D eigenvalue weighted by atomic mass is 19.1. The summed E-state index contributed by atoms with van der Waals surface area (Å²) in [6.45, 7) is 8.52. The van der Waals surface area contributed by atoms with Gasteiger partial charge in [0.15, 0.2) is 11.6 Å². The van der Waals surface area contributed by atoms with Crippen LogP contribution in [0.25, 0.3) is 0 Å². The first-order valence-corrected chi connectivity index (χ1v) is 9.99. The van der Waals surface area contributed by atoms with Crippen molar-refractivity contribution in [2.24, 2.45) is 11.8 Å². The van der Waals surface area contributed by atoms with Crippen molar-refractivity contribution in [3.8, 4) is 11.5 Å². The first-order chi connectivity index (χ1) is 12.8. The summed E-state index contributed by atoms with van der Waals surface area (Å²) in [5, 5.41) is 0. The molecule has 0 aliphatic heterocycles. The second-order valence-electron chi connectivity index (χ2n) is 7.79. The van der Waals surface area contributed by atoms with Gasteiger partial charge in [-0.15, -0.1) is 0 Å². The summed E-state index contributed by atoms with van der Waals surface area (Å²) in [4.78, 5) is 24.0. The number of halogens is 1. The molecule has 27 heavy (non-hydrogen) atoms. The molecule has 0 saturated heterocycles. The molecule has 4 nitrogen and oxygen atoms in total. The fourth-order valence-electron chi connectivity index (χ4n) is 2.65. The van der Waals surface area contributed by atoms with Crippen molar-refractivity contribution in [3.05, 3.63) is 24.0 Å². The molecular formula is C22H33FO4. The molecule has 0 amide bonds. The molecule has 1 aromatic carbocycles. The van der Waals surface area contributed by atoms with Crippen LogP contribution < -0.4 is 9.47 Å². The predicted octanol–water partition coefficient (Wildman–Crippen LogP) is 6.07. The molecular weight excluding hydrogens is 347 g/mol. The topological polar surface area (TPSA) is 52.6 Å². The molecule has 0 aromatic heterocycles. The van der Waals surface area contributed by atoms with E-state index in [0.29, 0.717) is 18.3 Å². The molecule has 0 unspecified atom stereocenters. The zero-order chi connectivity index (χ0) is 20.2. The lowest BCUT2D eigenvalue weighted by Gasteiger charge is -2.11. The van der Waals surface area contributed by atoms with E-state index in [9.17, 15) is 14.0 Å². The smallest absolute Gasteiger partial charge is 0.311 e. The molecule has 1 aromatic rings. The molecule has 5 heteroatoms. The van der Waals surface area contributed by atoms with E-state index < -0.39 is 17.8 Å². The van der Waals surface area contributed by atoms with Crippen molar-refractivity contribution < 1.29 is 23.5 Å². The van der Waals surface area contributed by atoms with Crippen LogP contribution in [0.2, 0.25) is 0 Å². The summed E-state index contributed by atoms with van der Waals surface area (Å²) in [5.41, 5.74) is 0. The lowest BCUT2D eigenvalue weighted by molar-refractivity contribution is -0.137. The van der Waals surface area contributed by atoms with Crippen LogP contribution in [0.4, 0.5) is 4.39 Å². The highest BCUT2D eigenvalue weighted by Gasteiger charge is 2.18. The van der Waals surface area contributed by atoms with Gasteiger partial charge in [-0.25, -0.2) is 4.39 Å². The highest BCUT2D eigenvalue weighted by molar-refractivity contribution is 5.76. The second-order valence-corrected chi connectivity index (χ2v) is 7.79. The minimum absolute atomic E-state index is 0.0422. The molecule has 1 rings (SSSR count). The van der Waals surface area contributed by atoms with Crippen LogP contribution in [0.1, 0.15) is 79.1 Å². The third-order valence-electron chi connectivity index (χ3n) is 4.20. The van der Waals surface area contributed by atoms with E-state index in [1.165, 1.54) is 18.2 Å². The van der Waals surface area contributed by atoms with Crippen molar-refractivity contribution in [1.82, 2.24) is 0 Å². The molecule has 0 bridgehead atoms. The number of carbonyl (C=O) groups is 2. The number of rotatable bonds is 12. The SMILES string of the molecule is CC(C)CCCCC(=O)Oc1cccc(F)c1OC(=O)CCCCC(C)C. The highest BCUT2D eigenvalue weighted by Crippen LogP contribution is 2.31. The molecule has 0 atom stereocenters. The minimum atomic E-state index is -0.712. The molecule has 0 aliphatic carbocycles. The molecule has 0 N–H and O–H groups in total. The number of hydrogen-bond acceptors (Lipinski definition) is 4. The Bertz CT molecular complexity index is 596. The average Bonchev–Trinajstić information content (AvgIpc) is 2.58. The standard InChI is InChI=1S/C22H33FO4/c1-16(2)10-5-7-14-20(24)26-19-13-9-12-18(23)22(19)27-21(25)15-8-6-11-17(3)4/h9,12-13,16-17H,5-8,10-11,14-15H2,1-4H3. The third-order valence-corrected chi connectivity index (χ3v) is 4.20. The van der Waals surface area contributed by atoms with Gasteiger partial charge in [0.1, 0.15) is 0 Å². The Morgan fingerprint density at radius 3 is 1.89 bits per heavy atom. The number of carbonyl (C=O) groups excluding carboxylic acids is 2. The van der Waals surface area contributed by atoms with Crippen molar-refractivity contribution >= 4 is 11.9 Å². The van der Waals surface area contributed by atoms with Crippen LogP contribution in [0.3, 0.4) is 0 Å². The molecule has 0 heterocycles. The number of benzene rings is 1. The maximum Gasteiger partial charge on any atom is 0.311 e. The van der Waals surface area contributed by atoms with Gasteiger partial charge in [-0.2, -0.15) is 0 Å². The van der Waals surface area contributed by atoms with Crippen molar-refractivity contribution in [2.75, 3.05) is 0 Å². The van der Waals surface area contributed by atoms with Gasteiger partial charge in [-0.3, -0.25) is 9.59 Å². The van der Waals surface area contributed by atoms with Gasteiger partial charge in [0.25, 0.3) is 0 Å². The number of para-hydroxylation sites is 1. The van der Waals surface area contributed by atoms with Gasteiger partial charge in [-0.1, -0.05) is 59.4 Å². The first-order valence-electron chi connectivity index (χ1n) is 9.99. The van der Waals surface area contributed by atoms with Crippen LogP contribution >= 0.6 is 0 Å². The molecule has 0 radical (unpaired) electrons. The van der Waals surface area contributed by atoms with E-state index >= 15 is 0 Å². The van der Waals surface area contributed by atoms with Crippen molar-refractivity contribution in [1.29, 1.82) is 0 Å². The van der Waals surface area contributed by atoms with Crippen LogP contribution in [-0.2, 0) is 9.59 Å². The van der Waals surface area contributed by atoms with E-state index in [0.717, 1.165) is 32.1 Å². The van der Waals surface area contributed by atoms with E-state index in [4.69, 9.17) is 9.47 Å². The summed E-state index contributed by atoms with van der Waals surface area (Å²) in [7, 11) is 0. The zero-order valence-corrected chi connectivity index (χ0v) is 17.1. The minimum Gasteiger partial charge on any atom is -0.422 e. The zero-order valence-electron chi connectivity index (χ0n) is 17.1. The quantitative estimate of drug-likeness (QED) is 0.251. The summed E-state index contributed by atoms with van der Waals surface area (Å²) in [6, 6.07) is 4.05. The maximum atomic E-state index is 14.1. The number of hydrogen-bond donors (Lipinski definition) is 0. The number of unbranched alkanes of at least 4 members (excludes halogenated alkanes) is 2. The summed E-state index contributed by atoms with van der Waals surface area (Å²) >= 11 is 0. The summed E-state index contributed by atoms with van der Waals surface area (Å²) in [6.07, 6.45) is 5.82. The van der Waals surface area contributed by atoms with Gasteiger partial charge in [0.2, 0.25) is 5.75 Å². The monoisotopic (exact) mass is 380 g/mol. The second kappa shape index (κ2) is 12.5. The Morgan fingerprint density at radius 2 is 1.37 bits per heavy atom. The number of ether oxygens (including phenoxy) is 2. The third kappa shape index (κ3) is 10.1. The van der Waals surface area contributed by atoms with Gasteiger partial charge < -0.3 is 9.47 Å². The van der Waals surface area contributed by atoms with E-state index in [1.54, 1.807) is 0 Å². The Hall–Kier alpha value is -1.91. The lowest BCUT2D eigenvalue weighted by atomic mass is 10.1. The summed E-state index contributed by atoms with van der Waals surface area (Å²) in [5.74, 6) is -0.844. The fraction of sp³-hybridized carbons (Fsp3) is 0.636. The molecule has 0 spiro atoms. The molecule has 152 valence electrons. The van der Waals surface area contributed by atoms with Crippen LogP contribution in [0.15, 0.2) is 18.2 Å². The van der Waals surface area contributed by atoms with Crippen molar-refractivity contribution in [2.45, 2.75) is 79.1 Å².